The van der Waals surface area contributed by atoms with Crippen LogP contribution in [-0.4, -0.2) is 17.3 Å². The van der Waals surface area contributed by atoms with Crippen molar-refractivity contribution in [1.82, 2.24) is 0 Å². The topological polar surface area (TPSA) is 26.3 Å². The van der Waals surface area contributed by atoms with E-state index in [0.717, 1.165) is 31.2 Å². The van der Waals surface area contributed by atoms with Gasteiger partial charge in [-0.15, -0.1) is 0 Å². The van der Waals surface area contributed by atoms with Crippen LogP contribution in [0.1, 0.15) is 45.1 Å². The van der Waals surface area contributed by atoms with Gasteiger partial charge in [-0.3, -0.25) is 4.79 Å². The molecule has 1 fully saturated rings. The SMILES string of the molecule is CC1(C)CCC(OC(=O)C(S)Cc2ccccc2)CC1. The van der Waals surface area contributed by atoms with E-state index in [9.17, 15) is 4.79 Å². The van der Waals surface area contributed by atoms with Crippen LogP contribution in [0.25, 0.3) is 0 Å². The molecule has 0 heterocycles. The summed E-state index contributed by atoms with van der Waals surface area (Å²) in [5, 5.41) is -0.368. The van der Waals surface area contributed by atoms with Crippen molar-refractivity contribution in [2.24, 2.45) is 5.41 Å². The first-order chi connectivity index (χ1) is 9.46. The third-order valence-corrected chi connectivity index (χ3v) is 4.51. The van der Waals surface area contributed by atoms with Crippen molar-refractivity contribution in [3.05, 3.63) is 35.9 Å². The van der Waals surface area contributed by atoms with Crippen LogP contribution in [0.2, 0.25) is 0 Å². The van der Waals surface area contributed by atoms with Crippen molar-refractivity contribution >= 4 is 18.6 Å². The predicted molar refractivity (Wildman–Crippen MR) is 85.0 cm³/mol. The summed E-state index contributed by atoms with van der Waals surface area (Å²) >= 11 is 4.40. The summed E-state index contributed by atoms with van der Waals surface area (Å²) in [6, 6.07) is 9.95. The molecule has 0 bridgehead atoms. The van der Waals surface area contributed by atoms with Crippen LogP contribution in [0.4, 0.5) is 0 Å². The zero-order valence-corrected chi connectivity index (χ0v) is 13.2. The smallest absolute Gasteiger partial charge is 0.319 e. The van der Waals surface area contributed by atoms with Gasteiger partial charge in [-0.1, -0.05) is 44.2 Å². The van der Waals surface area contributed by atoms with Crippen LogP contribution >= 0.6 is 12.6 Å². The van der Waals surface area contributed by atoms with Crippen LogP contribution in [0, 0.1) is 5.41 Å². The van der Waals surface area contributed by atoms with Crippen LogP contribution in [0.15, 0.2) is 30.3 Å². The third kappa shape index (κ3) is 4.55. The Bertz CT molecular complexity index is 432. The lowest BCUT2D eigenvalue weighted by atomic mass is 9.76. The molecule has 3 heteroatoms. The number of rotatable bonds is 4. The highest BCUT2D eigenvalue weighted by Crippen LogP contribution is 2.36. The first kappa shape index (κ1) is 15.4. The summed E-state index contributed by atoms with van der Waals surface area (Å²) in [5.41, 5.74) is 1.52. The number of benzene rings is 1. The molecule has 0 aromatic heterocycles. The van der Waals surface area contributed by atoms with Gasteiger partial charge in [0.05, 0.1) is 0 Å². The van der Waals surface area contributed by atoms with Gasteiger partial charge in [-0.05, 0) is 43.1 Å². The molecule has 0 spiro atoms. The fourth-order valence-electron chi connectivity index (χ4n) is 2.65. The van der Waals surface area contributed by atoms with E-state index < -0.39 is 0 Å². The van der Waals surface area contributed by atoms with Crippen LogP contribution in [-0.2, 0) is 16.0 Å². The van der Waals surface area contributed by atoms with Crippen LogP contribution < -0.4 is 0 Å². The third-order valence-electron chi connectivity index (χ3n) is 4.11. The van der Waals surface area contributed by atoms with E-state index in [1.54, 1.807) is 0 Å². The summed E-state index contributed by atoms with van der Waals surface area (Å²) in [5.74, 6) is -0.179. The summed E-state index contributed by atoms with van der Waals surface area (Å²) in [4.78, 5) is 12.1. The number of carbonyl (C=O) groups is 1. The fraction of sp³-hybridized carbons (Fsp3) is 0.588. The molecule has 1 saturated carbocycles. The van der Waals surface area contributed by atoms with E-state index in [-0.39, 0.29) is 17.3 Å². The van der Waals surface area contributed by atoms with E-state index >= 15 is 0 Å². The average Bonchev–Trinajstić information content (AvgIpc) is 2.42. The van der Waals surface area contributed by atoms with E-state index in [1.165, 1.54) is 0 Å². The van der Waals surface area contributed by atoms with E-state index in [1.807, 2.05) is 30.3 Å². The van der Waals surface area contributed by atoms with E-state index in [0.29, 0.717) is 11.8 Å². The van der Waals surface area contributed by atoms with Crippen molar-refractivity contribution < 1.29 is 9.53 Å². The lowest BCUT2D eigenvalue weighted by Gasteiger charge is -2.34. The van der Waals surface area contributed by atoms with Gasteiger partial charge in [0.2, 0.25) is 0 Å². The minimum atomic E-state index is -0.368. The molecule has 1 aliphatic rings. The number of carbonyl (C=O) groups excluding carboxylic acids is 1. The standard InChI is InChI=1S/C17H24O2S/c1-17(2)10-8-14(9-11-17)19-16(18)15(20)12-13-6-4-3-5-7-13/h3-7,14-15,20H,8-12H2,1-2H3. The first-order valence-electron chi connectivity index (χ1n) is 7.39. The summed E-state index contributed by atoms with van der Waals surface area (Å²) in [7, 11) is 0. The van der Waals surface area contributed by atoms with Gasteiger partial charge in [0.15, 0.2) is 0 Å². The predicted octanol–water partition coefficient (Wildman–Crippen LogP) is 4.04. The minimum Gasteiger partial charge on any atom is -0.462 e. The van der Waals surface area contributed by atoms with Crippen LogP contribution in [0.5, 0.6) is 0 Å². The van der Waals surface area contributed by atoms with Gasteiger partial charge in [0.25, 0.3) is 0 Å². The Morgan fingerprint density at radius 1 is 1.30 bits per heavy atom. The quantitative estimate of drug-likeness (QED) is 0.669. The molecule has 1 atom stereocenters. The minimum absolute atomic E-state index is 0.0842. The number of esters is 1. The molecular formula is C17H24O2S. The van der Waals surface area contributed by atoms with Crippen molar-refractivity contribution in [1.29, 1.82) is 0 Å². The van der Waals surface area contributed by atoms with Gasteiger partial charge in [-0.25, -0.2) is 0 Å². The Balaban J connectivity index is 1.80. The molecule has 1 aliphatic carbocycles. The summed E-state index contributed by atoms with van der Waals surface area (Å²) in [6.07, 6.45) is 4.92. The maximum absolute atomic E-state index is 12.1. The fourth-order valence-corrected chi connectivity index (χ4v) is 2.93. The van der Waals surface area contributed by atoms with Crippen molar-refractivity contribution in [2.45, 2.75) is 57.3 Å². The monoisotopic (exact) mass is 292 g/mol. The average molecular weight is 292 g/mol. The highest BCUT2D eigenvalue weighted by atomic mass is 32.1. The lowest BCUT2D eigenvalue weighted by Crippen LogP contribution is -2.31. The molecule has 0 N–H and O–H groups in total. The number of thiol groups is 1. The molecule has 1 unspecified atom stereocenters. The van der Waals surface area contributed by atoms with Gasteiger partial charge >= 0.3 is 5.97 Å². The molecule has 110 valence electrons. The highest BCUT2D eigenvalue weighted by molar-refractivity contribution is 7.81. The van der Waals surface area contributed by atoms with E-state index in [2.05, 4.69) is 26.5 Å². The maximum atomic E-state index is 12.1. The second kappa shape index (κ2) is 6.66. The van der Waals surface area contributed by atoms with Crippen molar-refractivity contribution in [2.75, 3.05) is 0 Å². The zero-order chi connectivity index (χ0) is 14.6. The Kier molecular flexibility index (Phi) is 5.14. The van der Waals surface area contributed by atoms with Crippen molar-refractivity contribution in [3.63, 3.8) is 0 Å². The Hall–Kier alpha value is -0.960. The maximum Gasteiger partial charge on any atom is 0.319 e. The first-order valence-corrected chi connectivity index (χ1v) is 7.90. The second-order valence-electron chi connectivity index (χ2n) is 6.51. The molecule has 2 nitrogen and oxygen atoms in total. The summed E-state index contributed by atoms with van der Waals surface area (Å²) in [6.45, 7) is 4.56. The van der Waals surface area contributed by atoms with E-state index in [4.69, 9.17) is 4.74 Å². The Morgan fingerprint density at radius 3 is 2.50 bits per heavy atom. The number of hydrogen-bond acceptors (Lipinski definition) is 3. The largest absolute Gasteiger partial charge is 0.462 e. The molecule has 20 heavy (non-hydrogen) atoms. The van der Waals surface area contributed by atoms with Gasteiger partial charge in [-0.2, -0.15) is 12.6 Å². The lowest BCUT2D eigenvalue weighted by molar-refractivity contribution is -0.150. The Labute approximate surface area is 127 Å². The summed E-state index contributed by atoms with van der Waals surface area (Å²) < 4.78 is 5.60. The molecule has 0 aliphatic heterocycles. The zero-order valence-electron chi connectivity index (χ0n) is 12.3. The van der Waals surface area contributed by atoms with Crippen LogP contribution in [0.3, 0.4) is 0 Å². The van der Waals surface area contributed by atoms with Gasteiger partial charge in [0, 0.05) is 0 Å². The second-order valence-corrected chi connectivity index (χ2v) is 7.13. The van der Waals surface area contributed by atoms with Gasteiger partial charge in [0.1, 0.15) is 11.4 Å². The van der Waals surface area contributed by atoms with Gasteiger partial charge < -0.3 is 4.74 Å². The molecule has 0 amide bonds. The number of hydrogen-bond donors (Lipinski definition) is 1. The molecule has 0 radical (unpaired) electrons. The number of ether oxygens (including phenoxy) is 1. The normalized spacial score (nSPS) is 20.4. The highest BCUT2D eigenvalue weighted by Gasteiger charge is 2.29. The molecule has 0 saturated heterocycles. The Morgan fingerprint density at radius 2 is 1.90 bits per heavy atom. The molecule has 1 aromatic carbocycles. The van der Waals surface area contributed by atoms with Crippen molar-refractivity contribution in [3.8, 4) is 0 Å². The molecular weight excluding hydrogens is 268 g/mol. The molecule has 2 rings (SSSR count). The molecule has 1 aromatic rings.